The van der Waals surface area contributed by atoms with Gasteiger partial charge in [-0.3, -0.25) is 14.5 Å². The first-order valence-electron chi connectivity index (χ1n) is 7.15. The number of carbonyl (C=O) groups is 2. The van der Waals surface area contributed by atoms with Crippen LogP contribution in [-0.4, -0.2) is 27.2 Å². The Hall–Kier alpha value is -2.70. The molecule has 0 fully saturated rings. The third-order valence-corrected chi connectivity index (χ3v) is 3.89. The van der Waals surface area contributed by atoms with E-state index in [1.807, 2.05) is 0 Å². The van der Waals surface area contributed by atoms with E-state index in [9.17, 15) is 9.59 Å². The van der Waals surface area contributed by atoms with Crippen LogP contribution in [0.3, 0.4) is 0 Å². The smallest absolute Gasteiger partial charge is 0.237 e. The van der Waals surface area contributed by atoms with E-state index in [-0.39, 0.29) is 17.7 Å². The summed E-state index contributed by atoms with van der Waals surface area (Å²) in [6.45, 7) is 1.38. The van der Waals surface area contributed by atoms with Gasteiger partial charge >= 0.3 is 0 Å². The number of aromatic nitrogens is 3. The van der Waals surface area contributed by atoms with Gasteiger partial charge in [0.15, 0.2) is 0 Å². The highest BCUT2D eigenvalue weighted by Gasteiger charge is 2.32. The number of nitrogens with two attached hydrogens (primary N) is 1. The lowest BCUT2D eigenvalue weighted by Gasteiger charge is -2.26. The lowest BCUT2D eigenvalue weighted by molar-refractivity contribution is -0.128. The maximum absolute atomic E-state index is 12.8. The molecule has 1 aliphatic carbocycles. The molecule has 22 heavy (non-hydrogen) atoms. The molecule has 0 radical (unpaired) electrons. The molecule has 1 aromatic heterocycles. The molecule has 1 atom stereocenters. The van der Waals surface area contributed by atoms with Crippen LogP contribution in [0.1, 0.15) is 24.7 Å². The van der Waals surface area contributed by atoms with E-state index in [2.05, 4.69) is 15.4 Å². The number of nitrogens with one attached hydrogen (secondary N) is 1. The minimum absolute atomic E-state index is 0.216. The number of nitrogen functional groups attached to an aromatic ring is 1. The number of nitrogens with zero attached hydrogens (tertiary/aromatic N) is 3. The molecule has 1 aliphatic rings. The third kappa shape index (κ3) is 2.57. The first kappa shape index (κ1) is 14.2. The van der Waals surface area contributed by atoms with Crippen molar-refractivity contribution in [3.05, 3.63) is 35.7 Å². The summed E-state index contributed by atoms with van der Waals surface area (Å²) < 4.78 is 0. The Balaban J connectivity index is 1.87. The second kappa shape index (κ2) is 5.59. The molecule has 2 aromatic rings. The topological polar surface area (TPSA) is 105 Å². The van der Waals surface area contributed by atoms with Crippen molar-refractivity contribution in [2.45, 2.75) is 26.2 Å². The second-order valence-electron chi connectivity index (χ2n) is 5.44. The van der Waals surface area contributed by atoms with Gasteiger partial charge in [-0.05, 0) is 31.0 Å². The van der Waals surface area contributed by atoms with Crippen molar-refractivity contribution in [2.24, 2.45) is 5.92 Å². The van der Waals surface area contributed by atoms with Gasteiger partial charge in [0.2, 0.25) is 11.8 Å². The number of aromatic amines is 1. The monoisotopic (exact) mass is 299 g/mol. The van der Waals surface area contributed by atoms with Crippen LogP contribution in [0.4, 0.5) is 11.4 Å². The van der Waals surface area contributed by atoms with Crippen LogP contribution < -0.4 is 10.6 Å². The van der Waals surface area contributed by atoms with Crippen LogP contribution in [-0.2, 0) is 22.4 Å². The lowest BCUT2D eigenvalue weighted by atomic mass is 9.88. The van der Waals surface area contributed by atoms with Crippen molar-refractivity contribution in [1.29, 1.82) is 0 Å². The van der Waals surface area contributed by atoms with E-state index in [0.717, 1.165) is 11.4 Å². The minimum Gasteiger partial charge on any atom is -0.399 e. The van der Waals surface area contributed by atoms with Crippen molar-refractivity contribution >= 4 is 23.2 Å². The number of rotatable bonds is 2. The van der Waals surface area contributed by atoms with Crippen molar-refractivity contribution in [3.8, 4) is 0 Å². The number of aryl methyl sites for hydroxylation is 1. The number of carbonyl (C=O) groups excluding carboxylic acids is 2. The van der Waals surface area contributed by atoms with Crippen molar-refractivity contribution < 1.29 is 9.59 Å². The second-order valence-corrected chi connectivity index (χ2v) is 5.44. The highest BCUT2D eigenvalue weighted by Crippen LogP contribution is 2.27. The summed E-state index contributed by atoms with van der Waals surface area (Å²) in [6.07, 6.45) is 1.84. The van der Waals surface area contributed by atoms with Crippen LogP contribution >= 0.6 is 0 Å². The van der Waals surface area contributed by atoms with Crippen LogP contribution in [0.25, 0.3) is 0 Å². The van der Waals surface area contributed by atoms with Crippen molar-refractivity contribution in [2.75, 3.05) is 10.6 Å². The van der Waals surface area contributed by atoms with Gasteiger partial charge in [-0.2, -0.15) is 15.4 Å². The zero-order valence-electron chi connectivity index (χ0n) is 12.2. The summed E-state index contributed by atoms with van der Waals surface area (Å²) in [5.41, 5.74) is 8.48. The van der Waals surface area contributed by atoms with Gasteiger partial charge in [0, 0.05) is 24.9 Å². The van der Waals surface area contributed by atoms with Gasteiger partial charge in [0.05, 0.1) is 17.1 Å². The summed E-state index contributed by atoms with van der Waals surface area (Å²) >= 11 is 0. The van der Waals surface area contributed by atoms with E-state index >= 15 is 0 Å². The summed E-state index contributed by atoms with van der Waals surface area (Å²) in [4.78, 5) is 26.0. The molecule has 3 N–H and O–H groups in total. The van der Waals surface area contributed by atoms with Crippen LogP contribution in [0.2, 0.25) is 0 Å². The fourth-order valence-electron chi connectivity index (χ4n) is 2.81. The van der Waals surface area contributed by atoms with Gasteiger partial charge in [-0.25, -0.2) is 0 Å². The molecule has 0 saturated heterocycles. The van der Waals surface area contributed by atoms with E-state index in [1.165, 1.54) is 11.8 Å². The molecule has 3 rings (SSSR count). The van der Waals surface area contributed by atoms with Gasteiger partial charge in [-0.1, -0.05) is 6.07 Å². The molecule has 7 heteroatoms. The summed E-state index contributed by atoms with van der Waals surface area (Å²) in [5.74, 6) is -0.809. The van der Waals surface area contributed by atoms with Crippen molar-refractivity contribution in [3.63, 3.8) is 0 Å². The molecule has 7 nitrogen and oxygen atoms in total. The Morgan fingerprint density at radius 2 is 2.09 bits per heavy atom. The Labute approximate surface area is 127 Å². The Bertz CT molecular complexity index is 724. The molecule has 1 unspecified atom stereocenters. The molecule has 1 heterocycles. The summed E-state index contributed by atoms with van der Waals surface area (Å²) in [7, 11) is 0. The van der Waals surface area contributed by atoms with Crippen LogP contribution in [0, 0.1) is 5.92 Å². The number of H-pyrrole nitrogens is 1. The van der Waals surface area contributed by atoms with Gasteiger partial charge in [-0.15, -0.1) is 0 Å². The number of hydrogen-bond acceptors (Lipinski definition) is 5. The maximum atomic E-state index is 12.8. The van der Waals surface area contributed by atoms with Crippen molar-refractivity contribution in [1.82, 2.24) is 15.4 Å². The number of amides is 2. The van der Waals surface area contributed by atoms with Gasteiger partial charge in [0.1, 0.15) is 0 Å². The average Bonchev–Trinajstić information content (AvgIpc) is 2.94. The molecule has 114 valence electrons. The summed E-state index contributed by atoms with van der Waals surface area (Å²) in [5, 5.41) is 10.7. The Kier molecular flexibility index (Phi) is 3.62. The number of imide groups is 1. The minimum atomic E-state index is -0.318. The first-order chi connectivity index (χ1) is 10.6. The molecule has 1 aromatic carbocycles. The maximum Gasteiger partial charge on any atom is 0.237 e. The zero-order chi connectivity index (χ0) is 15.7. The quantitative estimate of drug-likeness (QED) is 0.807. The third-order valence-electron chi connectivity index (χ3n) is 3.89. The average molecular weight is 299 g/mol. The van der Waals surface area contributed by atoms with Crippen LogP contribution in [0.15, 0.2) is 24.3 Å². The molecular weight excluding hydrogens is 282 g/mol. The fourth-order valence-corrected chi connectivity index (χ4v) is 2.81. The standard InChI is InChI=1S/C15H17N5O2/c1-9(21)20(12-4-2-3-11(16)8-12)15(22)10-5-6-13-14(7-10)18-19-17-13/h2-4,8,10H,5-7,16H2,1H3,(H,17,18,19). The SMILES string of the molecule is CC(=O)N(C(=O)C1CCc2n[nH]nc2C1)c1cccc(N)c1. The number of hydrogen-bond donors (Lipinski definition) is 2. The zero-order valence-corrected chi connectivity index (χ0v) is 12.2. The highest BCUT2D eigenvalue weighted by molar-refractivity contribution is 6.15. The Morgan fingerprint density at radius 1 is 1.32 bits per heavy atom. The number of anilines is 2. The number of benzene rings is 1. The fraction of sp³-hybridized carbons (Fsp3) is 0.333. The van der Waals surface area contributed by atoms with E-state index < -0.39 is 0 Å². The van der Waals surface area contributed by atoms with Crippen LogP contribution in [0.5, 0.6) is 0 Å². The molecule has 0 bridgehead atoms. The molecule has 0 aliphatic heterocycles. The normalized spacial score (nSPS) is 16.9. The highest BCUT2D eigenvalue weighted by atomic mass is 16.2. The lowest BCUT2D eigenvalue weighted by Crippen LogP contribution is -2.41. The number of fused-ring (bicyclic) bond motifs is 1. The molecule has 2 amide bonds. The van der Waals surface area contributed by atoms with E-state index in [4.69, 9.17) is 5.73 Å². The van der Waals surface area contributed by atoms with E-state index in [1.54, 1.807) is 24.3 Å². The molecule has 0 saturated carbocycles. The molecular formula is C15H17N5O2. The summed E-state index contributed by atoms with van der Waals surface area (Å²) in [6, 6.07) is 6.78. The largest absolute Gasteiger partial charge is 0.399 e. The molecule has 0 spiro atoms. The first-order valence-corrected chi connectivity index (χ1v) is 7.15. The Morgan fingerprint density at radius 3 is 2.82 bits per heavy atom. The predicted octanol–water partition coefficient (Wildman–Crippen LogP) is 1.07. The predicted molar refractivity (Wildman–Crippen MR) is 80.9 cm³/mol. The van der Waals surface area contributed by atoms with E-state index in [0.29, 0.717) is 30.6 Å². The van der Waals surface area contributed by atoms with Gasteiger partial charge < -0.3 is 5.73 Å². The van der Waals surface area contributed by atoms with Gasteiger partial charge in [0.25, 0.3) is 0 Å².